The van der Waals surface area contributed by atoms with Gasteiger partial charge in [-0.25, -0.2) is 0 Å². The van der Waals surface area contributed by atoms with Crippen LogP contribution in [0.3, 0.4) is 0 Å². The summed E-state index contributed by atoms with van der Waals surface area (Å²) in [6, 6.07) is 0. The molecule has 3 heteroatoms. The van der Waals surface area contributed by atoms with E-state index >= 15 is 0 Å². The van der Waals surface area contributed by atoms with Crippen molar-refractivity contribution >= 4 is 0 Å². The van der Waals surface area contributed by atoms with Crippen molar-refractivity contribution in [2.45, 2.75) is 47.2 Å². The van der Waals surface area contributed by atoms with Crippen molar-refractivity contribution in [2.75, 3.05) is 0 Å². The second kappa shape index (κ2) is 4.62. The Balaban J connectivity index is 0. The smallest absolute Gasteiger partial charge is 0.171 e. The van der Waals surface area contributed by atoms with Crippen LogP contribution in [0.5, 0.6) is 0 Å². The Hall–Kier alpha value is -0.210. The van der Waals surface area contributed by atoms with Gasteiger partial charge in [0.1, 0.15) is 0 Å². The standard InChI is InChI=1S/C6H11F3.C2H6/c1-4-5(2,3)6(7,8)9;1-2/h4H2,1-3H3;1-2H3. The van der Waals surface area contributed by atoms with Gasteiger partial charge in [-0.2, -0.15) is 13.2 Å². The molecule has 70 valence electrons. The Morgan fingerprint density at radius 2 is 1.27 bits per heavy atom. The summed E-state index contributed by atoms with van der Waals surface area (Å²) in [5, 5.41) is 0. The molecule has 0 aliphatic carbocycles. The molecular formula is C8H17F3. The molecule has 0 rings (SSSR count). The second-order valence-corrected chi connectivity index (χ2v) is 2.74. The normalized spacial score (nSPS) is 12.0. The first kappa shape index (κ1) is 13.4. The lowest BCUT2D eigenvalue weighted by Crippen LogP contribution is -2.30. The van der Waals surface area contributed by atoms with E-state index in [1.165, 1.54) is 20.8 Å². The van der Waals surface area contributed by atoms with E-state index in [-0.39, 0.29) is 6.42 Å². The summed E-state index contributed by atoms with van der Waals surface area (Å²) >= 11 is 0. The second-order valence-electron chi connectivity index (χ2n) is 2.74. The van der Waals surface area contributed by atoms with Crippen LogP contribution in [0.15, 0.2) is 0 Å². The molecule has 0 aromatic rings. The molecule has 0 spiro atoms. The summed E-state index contributed by atoms with van der Waals surface area (Å²) < 4.78 is 35.5. The number of hydrogen-bond acceptors (Lipinski definition) is 0. The Morgan fingerprint density at radius 3 is 1.27 bits per heavy atom. The highest BCUT2D eigenvalue weighted by molar-refractivity contribution is 4.74. The molecule has 0 heterocycles. The maximum atomic E-state index is 11.8. The zero-order valence-electron chi connectivity index (χ0n) is 7.84. The lowest BCUT2D eigenvalue weighted by atomic mass is 9.90. The van der Waals surface area contributed by atoms with Crippen molar-refractivity contribution in [3.63, 3.8) is 0 Å². The van der Waals surface area contributed by atoms with Crippen LogP contribution in [-0.2, 0) is 0 Å². The molecule has 0 saturated carbocycles. The molecule has 0 atom stereocenters. The van der Waals surface area contributed by atoms with Gasteiger partial charge in [-0.05, 0) is 6.42 Å². The summed E-state index contributed by atoms with van der Waals surface area (Å²) in [7, 11) is 0. The molecule has 11 heavy (non-hydrogen) atoms. The molecular weight excluding hydrogens is 153 g/mol. The Morgan fingerprint density at radius 1 is 1.00 bits per heavy atom. The predicted molar refractivity (Wildman–Crippen MR) is 41.5 cm³/mol. The van der Waals surface area contributed by atoms with E-state index in [1.807, 2.05) is 13.8 Å². The van der Waals surface area contributed by atoms with Gasteiger partial charge in [-0.15, -0.1) is 0 Å². The predicted octanol–water partition coefficient (Wildman–Crippen LogP) is 4.01. The minimum Gasteiger partial charge on any atom is -0.171 e. The Bertz CT molecular complexity index is 92.0. The topological polar surface area (TPSA) is 0 Å². The molecule has 0 aromatic heterocycles. The van der Waals surface area contributed by atoms with E-state index in [2.05, 4.69) is 0 Å². The molecule has 0 amide bonds. The summed E-state index contributed by atoms with van der Waals surface area (Å²) in [6.07, 6.45) is -3.92. The molecule has 0 saturated heterocycles. The molecule has 0 aliphatic rings. The fraction of sp³-hybridized carbons (Fsp3) is 1.00. The first-order valence-electron chi connectivity index (χ1n) is 3.88. The molecule has 0 aliphatic heterocycles. The quantitative estimate of drug-likeness (QED) is 0.557. The molecule has 0 bridgehead atoms. The fourth-order valence-corrected chi connectivity index (χ4v) is 0.200. The van der Waals surface area contributed by atoms with Crippen molar-refractivity contribution < 1.29 is 13.2 Å². The van der Waals surface area contributed by atoms with E-state index in [0.29, 0.717) is 0 Å². The minimum absolute atomic E-state index is 0.135. The molecule has 0 unspecified atom stereocenters. The highest BCUT2D eigenvalue weighted by Gasteiger charge is 2.45. The van der Waals surface area contributed by atoms with Gasteiger partial charge in [0.25, 0.3) is 0 Å². The van der Waals surface area contributed by atoms with E-state index < -0.39 is 11.6 Å². The van der Waals surface area contributed by atoms with Crippen LogP contribution < -0.4 is 0 Å². The number of hydrogen-bond donors (Lipinski definition) is 0. The van der Waals surface area contributed by atoms with Gasteiger partial charge in [0.05, 0.1) is 5.41 Å². The first-order chi connectivity index (χ1) is 4.81. The zero-order valence-corrected chi connectivity index (χ0v) is 7.84. The van der Waals surface area contributed by atoms with Crippen LogP contribution in [0.25, 0.3) is 0 Å². The van der Waals surface area contributed by atoms with Gasteiger partial charge in [0, 0.05) is 0 Å². The molecule has 0 aromatic carbocycles. The van der Waals surface area contributed by atoms with E-state index in [4.69, 9.17) is 0 Å². The van der Waals surface area contributed by atoms with Crippen molar-refractivity contribution in [3.05, 3.63) is 0 Å². The van der Waals surface area contributed by atoms with Crippen LogP contribution in [-0.4, -0.2) is 6.18 Å². The van der Waals surface area contributed by atoms with Crippen LogP contribution in [0, 0.1) is 5.41 Å². The highest BCUT2D eigenvalue weighted by Crippen LogP contribution is 2.39. The first-order valence-corrected chi connectivity index (χ1v) is 3.88. The number of rotatable bonds is 1. The van der Waals surface area contributed by atoms with Crippen LogP contribution in [0.4, 0.5) is 13.2 Å². The summed E-state index contributed by atoms with van der Waals surface area (Å²) in [5.74, 6) is 0. The van der Waals surface area contributed by atoms with Crippen molar-refractivity contribution in [1.29, 1.82) is 0 Å². The van der Waals surface area contributed by atoms with Crippen LogP contribution in [0.1, 0.15) is 41.0 Å². The third-order valence-corrected chi connectivity index (χ3v) is 1.65. The highest BCUT2D eigenvalue weighted by atomic mass is 19.4. The van der Waals surface area contributed by atoms with Crippen LogP contribution in [0.2, 0.25) is 0 Å². The van der Waals surface area contributed by atoms with Gasteiger partial charge >= 0.3 is 6.18 Å². The van der Waals surface area contributed by atoms with Gasteiger partial charge in [-0.1, -0.05) is 34.6 Å². The zero-order chi connectivity index (χ0) is 9.71. The third kappa shape index (κ3) is 4.27. The lowest BCUT2D eigenvalue weighted by molar-refractivity contribution is -0.212. The Kier molecular flexibility index (Phi) is 5.63. The largest absolute Gasteiger partial charge is 0.393 e. The molecule has 0 radical (unpaired) electrons. The summed E-state index contributed by atoms with van der Waals surface area (Å²) in [4.78, 5) is 0. The van der Waals surface area contributed by atoms with Gasteiger partial charge in [-0.3, -0.25) is 0 Å². The average molecular weight is 170 g/mol. The van der Waals surface area contributed by atoms with Crippen LogP contribution >= 0.6 is 0 Å². The van der Waals surface area contributed by atoms with E-state index in [1.54, 1.807) is 0 Å². The summed E-state index contributed by atoms with van der Waals surface area (Å²) in [5.41, 5.74) is -1.52. The fourth-order valence-electron chi connectivity index (χ4n) is 0.200. The number of alkyl halides is 3. The Labute approximate surface area is 66.8 Å². The summed E-state index contributed by atoms with van der Waals surface area (Å²) in [6.45, 7) is 7.94. The van der Waals surface area contributed by atoms with Gasteiger partial charge < -0.3 is 0 Å². The average Bonchev–Trinajstić information content (AvgIpc) is 1.90. The maximum absolute atomic E-state index is 11.8. The van der Waals surface area contributed by atoms with Gasteiger partial charge in [0.15, 0.2) is 0 Å². The molecule has 0 N–H and O–H groups in total. The molecule has 0 nitrogen and oxygen atoms in total. The van der Waals surface area contributed by atoms with E-state index in [9.17, 15) is 13.2 Å². The number of halogens is 3. The minimum atomic E-state index is -4.05. The van der Waals surface area contributed by atoms with Crippen molar-refractivity contribution in [3.8, 4) is 0 Å². The van der Waals surface area contributed by atoms with Crippen molar-refractivity contribution in [2.24, 2.45) is 5.41 Å². The third-order valence-electron chi connectivity index (χ3n) is 1.65. The van der Waals surface area contributed by atoms with E-state index in [0.717, 1.165) is 0 Å². The van der Waals surface area contributed by atoms with Gasteiger partial charge in [0.2, 0.25) is 0 Å². The lowest BCUT2D eigenvalue weighted by Gasteiger charge is -2.25. The monoisotopic (exact) mass is 170 g/mol. The SMILES string of the molecule is CC.CCC(C)(C)C(F)(F)F. The molecule has 0 fully saturated rings. The maximum Gasteiger partial charge on any atom is 0.393 e. The van der Waals surface area contributed by atoms with Crippen molar-refractivity contribution in [1.82, 2.24) is 0 Å².